The maximum atomic E-state index is 13.8. The molecule has 0 saturated carbocycles. The van der Waals surface area contributed by atoms with Crippen molar-refractivity contribution in [3.63, 3.8) is 0 Å². The van der Waals surface area contributed by atoms with E-state index in [0.29, 0.717) is 15.2 Å². The first-order valence-electron chi connectivity index (χ1n) is 5.09. The molecule has 2 N–H and O–H groups in total. The summed E-state index contributed by atoms with van der Waals surface area (Å²) in [5.41, 5.74) is 0.0582. The fraction of sp³-hybridized carbons (Fsp3) is 0. The summed E-state index contributed by atoms with van der Waals surface area (Å²) in [5, 5.41) is 11.9. The summed E-state index contributed by atoms with van der Waals surface area (Å²) < 4.78 is 14.5. The molecule has 7 heteroatoms. The van der Waals surface area contributed by atoms with Crippen LogP contribution in [0.3, 0.4) is 0 Å². The van der Waals surface area contributed by atoms with E-state index in [-0.39, 0.29) is 5.82 Å². The molecule has 1 heterocycles. The molecule has 1 aromatic carbocycles. The van der Waals surface area contributed by atoms with Crippen molar-refractivity contribution in [1.82, 2.24) is 4.98 Å². The molecule has 19 heavy (non-hydrogen) atoms. The number of anilines is 2. The van der Waals surface area contributed by atoms with Crippen LogP contribution >= 0.6 is 27.5 Å². The molecule has 0 atom stereocenters. The molecule has 0 unspecified atom stereocenters. The highest BCUT2D eigenvalue weighted by Crippen LogP contribution is 2.27. The van der Waals surface area contributed by atoms with Gasteiger partial charge >= 0.3 is 5.97 Å². The molecule has 0 radical (unpaired) electrons. The van der Waals surface area contributed by atoms with Gasteiger partial charge in [-0.15, -0.1) is 0 Å². The molecular formula is C12H7BrClFN2O2. The van der Waals surface area contributed by atoms with Gasteiger partial charge in [-0.3, -0.25) is 0 Å². The van der Waals surface area contributed by atoms with Gasteiger partial charge in [0.1, 0.15) is 5.56 Å². The number of carbonyl (C=O) groups is 1. The maximum Gasteiger partial charge on any atom is 0.338 e. The van der Waals surface area contributed by atoms with Crippen LogP contribution in [0.1, 0.15) is 10.4 Å². The van der Waals surface area contributed by atoms with E-state index in [4.69, 9.17) is 16.7 Å². The molecule has 0 aliphatic rings. The minimum Gasteiger partial charge on any atom is -0.478 e. The summed E-state index contributed by atoms with van der Waals surface area (Å²) in [7, 11) is 0. The number of hydrogen-bond donors (Lipinski definition) is 2. The number of hydrogen-bond acceptors (Lipinski definition) is 3. The van der Waals surface area contributed by atoms with Crippen molar-refractivity contribution < 1.29 is 14.3 Å². The molecule has 0 aliphatic heterocycles. The Morgan fingerprint density at radius 2 is 2.16 bits per heavy atom. The van der Waals surface area contributed by atoms with Gasteiger partial charge in [0.05, 0.1) is 5.02 Å². The highest BCUT2D eigenvalue weighted by Gasteiger charge is 2.15. The highest BCUT2D eigenvalue weighted by molar-refractivity contribution is 9.10. The zero-order valence-electron chi connectivity index (χ0n) is 9.32. The number of carboxylic acid groups (broad SMARTS) is 1. The van der Waals surface area contributed by atoms with Crippen LogP contribution in [0.15, 0.2) is 34.9 Å². The van der Waals surface area contributed by atoms with Crippen LogP contribution in [0.2, 0.25) is 5.02 Å². The number of aromatic nitrogens is 1. The Bertz CT molecular complexity index is 652. The fourth-order valence-electron chi connectivity index (χ4n) is 1.41. The molecule has 2 aromatic rings. The van der Waals surface area contributed by atoms with Crippen molar-refractivity contribution in [1.29, 1.82) is 0 Å². The number of halogens is 3. The molecular weight excluding hydrogens is 338 g/mol. The normalized spacial score (nSPS) is 10.3. The van der Waals surface area contributed by atoms with Gasteiger partial charge in [-0.2, -0.15) is 0 Å². The lowest BCUT2D eigenvalue weighted by molar-refractivity contribution is 0.0692. The predicted molar refractivity (Wildman–Crippen MR) is 73.6 cm³/mol. The van der Waals surface area contributed by atoms with E-state index >= 15 is 0 Å². The third kappa shape index (κ3) is 3.02. The van der Waals surface area contributed by atoms with Crippen LogP contribution in [0.5, 0.6) is 0 Å². The largest absolute Gasteiger partial charge is 0.478 e. The second kappa shape index (κ2) is 5.54. The molecule has 0 saturated heterocycles. The van der Waals surface area contributed by atoms with Gasteiger partial charge < -0.3 is 10.4 Å². The SMILES string of the molecule is O=C(O)c1ccnc(Nc2ccc(Br)c(Cl)c2)c1F. The fourth-order valence-corrected chi connectivity index (χ4v) is 1.83. The Hall–Kier alpha value is -1.66. The Balaban J connectivity index is 2.35. The van der Waals surface area contributed by atoms with E-state index in [9.17, 15) is 9.18 Å². The zero-order valence-corrected chi connectivity index (χ0v) is 11.7. The molecule has 0 bridgehead atoms. The van der Waals surface area contributed by atoms with Gasteiger partial charge in [0.15, 0.2) is 11.6 Å². The summed E-state index contributed by atoms with van der Waals surface area (Å²) in [6, 6.07) is 6.01. The second-order valence-corrected chi connectivity index (χ2v) is 4.84. The number of benzene rings is 1. The first kappa shape index (κ1) is 13.8. The molecule has 4 nitrogen and oxygen atoms in total. The Kier molecular flexibility index (Phi) is 4.01. The number of nitrogens with one attached hydrogen (secondary N) is 1. The van der Waals surface area contributed by atoms with E-state index in [2.05, 4.69) is 26.2 Å². The quantitative estimate of drug-likeness (QED) is 0.880. The molecule has 0 spiro atoms. The smallest absolute Gasteiger partial charge is 0.338 e. The first-order valence-corrected chi connectivity index (χ1v) is 6.26. The minimum atomic E-state index is -1.35. The van der Waals surface area contributed by atoms with Crippen molar-refractivity contribution in [2.45, 2.75) is 0 Å². The van der Waals surface area contributed by atoms with E-state index < -0.39 is 17.3 Å². The Morgan fingerprint density at radius 1 is 1.42 bits per heavy atom. The zero-order chi connectivity index (χ0) is 14.0. The molecule has 2 rings (SSSR count). The average Bonchev–Trinajstić information content (AvgIpc) is 2.36. The predicted octanol–water partition coefficient (Wildman–Crippen LogP) is 4.08. The third-order valence-corrected chi connectivity index (χ3v) is 3.53. The summed E-state index contributed by atoms with van der Waals surface area (Å²) in [6.45, 7) is 0. The van der Waals surface area contributed by atoms with Crippen LogP contribution in [-0.4, -0.2) is 16.1 Å². The average molecular weight is 346 g/mol. The number of rotatable bonds is 3. The summed E-state index contributed by atoms with van der Waals surface area (Å²) >= 11 is 9.14. The maximum absolute atomic E-state index is 13.8. The second-order valence-electron chi connectivity index (χ2n) is 3.58. The first-order chi connectivity index (χ1) is 8.99. The lowest BCUT2D eigenvalue weighted by Gasteiger charge is -2.08. The lowest BCUT2D eigenvalue weighted by Crippen LogP contribution is -2.05. The van der Waals surface area contributed by atoms with E-state index in [1.54, 1.807) is 18.2 Å². The van der Waals surface area contributed by atoms with Gasteiger partial charge in [-0.05, 0) is 40.2 Å². The molecule has 0 aliphatic carbocycles. The standard InChI is InChI=1S/C12H7BrClFN2O2/c13-8-2-1-6(5-9(8)14)17-11-10(15)7(12(18)19)3-4-16-11/h1-5H,(H,16,17)(H,18,19). The summed E-state index contributed by atoms with van der Waals surface area (Å²) in [4.78, 5) is 14.6. The molecule has 98 valence electrons. The van der Waals surface area contributed by atoms with Crippen LogP contribution in [0.25, 0.3) is 0 Å². The van der Waals surface area contributed by atoms with Crippen molar-refractivity contribution in [3.8, 4) is 0 Å². The van der Waals surface area contributed by atoms with Gasteiger partial charge in [0, 0.05) is 16.4 Å². The monoisotopic (exact) mass is 344 g/mol. The van der Waals surface area contributed by atoms with Crippen molar-refractivity contribution >= 4 is 45.0 Å². The van der Waals surface area contributed by atoms with E-state index in [1.807, 2.05) is 0 Å². The topological polar surface area (TPSA) is 62.2 Å². The van der Waals surface area contributed by atoms with Crippen molar-refractivity contribution in [2.24, 2.45) is 0 Å². The van der Waals surface area contributed by atoms with Crippen molar-refractivity contribution in [2.75, 3.05) is 5.32 Å². The lowest BCUT2D eigenvalue weighted by atomic mass is 10.2. The number of pyridine rings is 1. The van der Waals surface area contributed by atoms with Gasteiger partial charge in [-0.1, -0.05) is 11.6 Å². The Morgan fingerprint density at radius 3 is 2.79 bits per heavy atom. The van der Waals surface area contributed by atoms with Gasteiger partial charge in [0.2, 0.25) is 0 Å². The molecule has 0 fully saturated rings. The summed E-state index contributed by atoms with van der Waals surface area (Å²) in [6.07, 6.45) is 1.22. The molecule has 1 aromatic heterocycles. The third-order valence-electron chi connectivity index (χ3n) is 2.30. The van der Waals surface area contributed by atoms with Crippen LogP contribution < -0.4 is 5.32 Å². The van der Waals surface area contributed by atoms with E-state index in [1.165, 1.54) is 6.20 Å². The van der Waals surface area contributed by atoms with Gasteiger partial charge in [0.25, 0.3) is 0 Å². The van der Waals surface area contributed by atoms with Crippen molar-refractivity contribution in [3.05, 3.63) is 51.3 Å². The van der Waals surface area contributed by atoms with Crippen LogP contribution in [0, 0.1) is 5.82 Å². The summed E-state index contributed by atoms with van der Waals surface area (Å²) in [5.74, 6) is -2.44. The Labute approximate surface area is 121 Å². The van der Waals surface area contributed by atoms with Crippen LogP contribution in [-0.2, 0) is 0 Å². The number of nitrogens with zero attached hydrogens (tertiary/aromatic N) is 1. The molecule has 0 amide bonds. The number of carboxylic acids is 1. The highest BCUT2D eigenvalue weighted by atomic mass is 79.9. The van der Waals surface area contributed by atoms with Crippen LogP contribution in [0.4, 0.5) is 15.9 Å². The minimum absolute atomic E-state index is 0.168. The number of aromatic carboxylic acids is 1. The van der Waals surface area contributed by atoms with Gasteiger partial charge in [-0.25, -0.2) is 14.2 Å². The van der Waals surface area contributed by atoms with E-state index in [0.717, 1.165) is 6.07 Å².